The van der Waals surface area contributed by atoms with Crippen LogP contribution in [0.5, 0.6) is 0 Å². The lowest BCUT2D eigenvalue weighted by Gasteiger charge is -2.10. The first-order chi connectivity index (χ1) is 10.3. The van der Waals surface area contributed by atoms with Gasteiger partial charge in [0.15, 0.2) is 0 Å². The van der Waals surface area contributed by atoms with Crippen LogP contribution in [0, 0.1) is 11.8 Å². The zero-order valence-corrected chi connectivity index (χ0v) is 11.4. The molecule has 102 valence electrons. The Labute approximate surface area is 123 Å². The van der Waals surface area contributed by atoms with Crippen LogP contribution in [0.25, 0.3) is 0 Å². The molecule has 3 nitrogen and oxygen atoms in total. The van der Waals surface area contributed by atoms with Crippen molar-refractivity contribution in [2.45, 2.75) is 6.42 Å². The van der Waals surface area contributed by atoms with Crippen molar-refractivity contribution in [3.63, 3.8) is 0 Å². The third kappa shape index (κ3) is 2.56. The highest BCUT2D eigenvalue weighted by Crippen LogP contribution is 2.22. The minimum atomic E-state index is -0.225. The molecule has 0 bridgehead atoms. The molecule has 0 aliphatic carbocycles. The van der Waals surface area contributed by atoms with Crippen molar-refractivity contribution < 1.29 is 9.59 Å². The van der Waals surface area contributed by atoms with Crippen molar-refractivity contribution in [1.29, 1.82) is 0 Å². The van der Waals surface area contributed by atoms with Crippen molar-refractivity contribution >= 4 is 11.8 Å². The first kappa shape index (κ1) is 13.1. The maximum absolute atomic E-state index is 12.1. The van der Waals surface area contributed by atoms with Crippen molar-refractivity contribution in [2.75, 3.05) is 6.54 Å². The van der Waals surface area contributed by atoms with Gasteiger partial charge in [-0.05, 0) is 24.3 Å². The standard InChI is InChI=1S/C18H13NO2/c20-17-15-11-4-5-12-16(15)18(21)19(17)13-7-6-10-14-8-2-1-3-9-14/h1-5,8-9,11-12H,7,13H2. The molecule has 3 rings (SSSR count). The van der Waals surface area contributed by atoms with Gasteiger partial charge in [-0.25, -0.2) is 0 Å². The highest BCUT2D eigenvalue weighted by Gasteiger charge is 2.34. The molecule has 0 radical (unpaired) electrons. The SMILES string of the molecule is O=C1c2ccccc2C(=O)N1CCC#Cc1ccccc1. The Morgan fingerprint density at radius 1 is 0.810 bits per heavy atom. The van der Waals surface area contributed by atoms with E-state index in [1.807, 2.05) is 30.3 Å². The molecule has 0 aromatic heterocycles. The Morgan fingerprint density at radius 2 is 1.38 bits per heavy atom. The van der Waals surface area contributed by atoms with E-state index in [-0.39, 0.29) is 11.8 Å². The topological polar surface area (TPSA) is 37.4 Å². The number of nitrogens with zero attached hydrogens (tertiary/aromatic N) is 1. The first-order valence-electron chi connectivity index (χ1n) is 6.76. The molecule has 21 heavy (non-hydrogen) atoms. The third-order valence-electron chi connectivity index (χ3n) is 3.35. The summed E-state index contributed by atoms with van der Waals surface area (Å²) >= 11 is 0. The van der Waals surface area contributed by atoms with Gasteiger partial charge in [-0.3, -0.25) is 14.5 Å². The average molecular weight is 275 g/mol. The largest absolute Gasteiger partial charge is 0.273 e. The van der Waals surface area contributed by atoms with E-state index in [0.717, 1.165) is 5.56 Å². The van der Waals surface area contributed by atoms with Crippen LogP contribution in [0.1, 0.15) is 32.7 Å². The molecule has 2 aromatic carbocycles. The van der Waals surface area contributed by atoms with E-state index in [0.29, 0.717) is 24.1 Å². The van der Waals surface area contributed by atoms with Crippen LogP contribution in [0.2, 0.25) is 0 Å². The summed E-state index contributed by atoms with van der Waals surface area (Å²) in [4.78, 5) is 25.5. The lowest BCUT2D eigenvalue weighted by molar-refractivity contribution is 0.0658. The maximum Gasteiger partial charge on any atom is 0.261 e. The molecule has 0 N–H and O–H groups in total. The predicted molar refractivity (Wildman–Crippen MR) is 79.7 cm³/mol. The summed E-state index contributed by atoms with van der Waals surface area (Å²) < 4.78 is 0. The maximum atomic E-state index is 12.1. The van der Waals surface area contributed by atoms with E-state index in [2.05, 4.69) is 11.8 Å². The summed E-state index contributed by atoms with van der Waals surface area (Å²) in [5.74, 6) is 5.57. The molecule has 0 saturated heterocycles. The van der Waals surface area contributed by atoms with Gasteiger partial charge in [-0.1, -0.05) is 42.2 Å². The fourth-order valence-corrected chi connectivity index (χ4v) is 2.30. The molecular weight excluding hydrogens is 262 g/mol. The molecule has 2 amide bonds. The van der Waals surface area contributed by atoms with Crippen molar-refractivity contribution in [3.8, 4) is 11.8 Å². The van der Waals surface area contributed by atoms with Gasteiger partial charge in [-0.2, -0.15) is 0 Å². The predicted octanol–water partition coefficient (Wildman–Crippen LogP) is 2.72. The van der Waals surface area contributed by atoms with Gasteiger partial charge in [0.25, 0.3) is 11.8 Å². The molecule has 0 atom stereocenters. The minimum Gasteiger partial charge on any atom is -0.273 e. The molecule has 2 aromatic rings. The number of hydrogen-bond acceptors (Lipinski definition) is 2. The third-order valence-corrected chi connectivity index (χ3v) is 3.35. The molecular formula is C18H13NO2. The summed E-state index contributed by atoms with van der Waals surface area (Å²) in [6.45, 7) is 0.326. The molecule has 3 heteroatoms. The van der Waals surface area contributed by atoms with Crippen LogP contribution in [-0.4, -0.2) is 23.3 Å². The molecule has 0 unspecified atom stereocenters. The second-order valence-corrected chi connectivity index (χ2v) is 4.73. The summed E-state index contributed by atoms with van der Waals surface area (Å²) in [5.41, 5.74) is 1.90. The normalized spacial score (nSPS) is 12.9. The highest BCUT2D eigenvalue weighted by atomic mass is 16.2. The van der Waals surface area contributed by atoms with Crippen molar-refractivity contribution in [3.05, 3.63) is 71.3 Å². The summed E-state index contributed by atoms with van der Waals surface area (Å²) in [5, 5.41) is 0. The van der Waals surface area contributed by atoms with E-state index >= 15 is 0 Å². The van der Waals surface area contributed by atoms with Gasteiger partial charge in [-0.15, -0.1) is 0 Å². The summed E-state index contributed by atoms with van der Waals surface area (Å²) in [6.07, 6.45) is 0.473. The van der Waals surface area contributed by atoms with Gasteiger partial charge in [0.2, 0.25) is 0 Å². The van der Waals surface area contributed by atoms with E-state index < -0.39 is 0 Å². The van der Waals surface area contributed by atoms with E-state index in [1.54, 1.807) is 24.3 Å². The molecule has 1 heterocycles. The number of hydrogen-bond donors (Lipinski definition) is 0. The van der Waals surface area contributed by atoms with Gasteiger partial charge < -0.3 is 0 Å². The Kier molecular flexibility index (Phi) is 3.53. The average Bonchev–Trinajstić information content (AvgIpc) is 2.77. The van der Waals surface area contributed by atoms with E-state index in [1.165, 1.54) is 4.90 Å². The number of fused-ring (bicyclic) bond motifs is 1. The van der Waals surface area contributed by atoms with Crippen LogP contribution in [0.3, 0.4) is 0 Å². The number of benzene rings is 2. The van der Waals surface area contributed by atoms with Crippen LogP contribution >= 0.6 is 0 Å². The number of imide groups is 1. The second kappa shape index (κ2) is 5.64. The number of amides is 2. The first-order valence-corrected chi connectivity index (χ1v) is 6.76. The summed E-state index contributed by atoms with van der Waals surface area (Å²) in [6, 6.07) is 16.5. The quantitative estimate of drug-likeness (QED) is 0.624. The van der Waals surface area contributed by atoms with Crippen molar-refractivity contribution in [2.24, 2.45) is 0 Å². The fraction of sp³-hybridized carbons (Fsp3) is 0.111. The molecule has 1 aliphatic heterocycles. The molecule has 0 fully saturated rings. The Morgan fingerprint density at radius 3 is 2.00 bits per heavy atom. The summed E-state index contributed by atoms with van der Waals surface area (Å²) in [7, 11) is 0. The van der Waals surface area contributed by atoms with E-state index in [9.17, 15) is 9.59 Å². The second-order valence-electron chi connectivity index (χ2n) is 4.73. The van der Waals surface area contributed by atoms with Crippen molar-refractivity contribution in [1.82, 2.24) is 4.90 Å². The molecule has 1 aliphatic rings. The Hall–Kier alpha value is -2.86. The van der Waals surface area contributed by atoms with Gasteiger partial charge in [0.05, 0.1) is 11.1 Å². The van der Waals surface area contributed by atoms with Gasteiger partial charge in [0.1, 0.15) is 0 Å². The number of rotatable bonds is 2. The van der Waals surface area contributed by atoms with Crippen LogP contribution in [0.4, 0.5) is 0 Å². The zero-order chi connectivity index (χ0) is 14.7. The van der Waals surface area contributed by atoms with Crippen LogP contribution in [-0.2, 0) is 0 Å². The van der Waals surface area contributed by atoms with Crippen LogP contribution in [0.15, 0.2) is 54.6 Å². The lowest BCUT2D eigenvalue weighted by Crippen LogP contribution is -2.30. The molecule has 0 saturated carbocycles. The fourth-order valence-electron chi connectivity index (χ4n) is 2.30. The smallest absolute Gasteiger partial charge is 0.261 e. The van der Waals surface area contributed by atoms with Gasteiger partial charge in [0, 0.05) is 18.5 Å². The van der Waals surface area contributed by atoms with Gasteiger partial charge >= 0.3 is 0 Å². The van der Waals surface area contributed by atoms with E-state index in [4.69, 9.17) is 0 Å². The number of carbonyl (C=O) groups excluding carboxylic acids is 2. The van der Waals surface area contributed by atoms with Crippen LogP contribution < -0.4 is 0 Å². The zero-order valence-electron chi connectivity index (χ0n) is 11.4. The Bertz CT molecular complexity index is 719. The number of carbonyl (C=O) groups is 2. The lowest BCUT2D eigenvalue weighted by atomic mass is 10.1. The monoisotopic (exact) mass is 275 g/mol. The molecule has 0 spiro atoms. The highest BCUT2D eigenvalue weighted by molar-refractivity contribution is 6.21. The minimum absolute atomic E-state index is 0.225. The Balaban J connectivity index is 1.67.